The summed E-state index contributed by atoms with van der Waals surface area (Å²) in [6.45, 7) is 5.44. The predicted molar refractivity (Wildman–Crippen MR) is 74.8 cm³/mol. The second kappa shape index (κ2) is 4.73. The Kier molecular flexibility index (Phi) is 3.08. The van der Waals surface area contributed by atoms with Crippen LogP contribution in [-0.4, -0.2) is 22.4 Å². The fourth-order valence-electron chi connectivity index (χ4n) is 2.36. The summed E-state index contributed by atoms with van der Waals surface area (Å²) in [7, 11) is 0. The summed E-state index contributed by atoms with van der Waals surface area (Å²) in [5.41, 5.74) is 2.66. The number of nitrogens with one attached hydrogen (secondary N) is 1. The van der Waals surface area contributed by atoms with Crippen molar-refractivity contribution in [3.63, 3.8) is 0 Å². The van der Waals surface area contributed by atoms with E-state index in [1.807, 2.05) is 6.20 Å². The van der Waals surface area contributed by atoms with E-state index in [9.17, 15) is 0 Å². The Morgan fingerprint density at radius 1 is 1.39 bits per heavy atom. The third kappa shape index (κ3) is 2.41. The van der Waals surface area contributed by atoms with Crippen molar-refractivity contribution >= 4 is 10.9 Å². The summed E-state index contributed by atoms with van der Waals surface area (Å²) >= 11 is 0. The van der Waals surface area contributed by atoms with Gasteiger partial charge in [-0.05, 0) is 51.3 Å². The lowest BCUT2D eigenvalue weighted by atomic mass is 10.1. The van der Waals surface area contributed by atoms with Gasteiger partial charge in [0.25, 0.3) is 0 Å². The lowest BCUT2D eigenvalue weighted by Gasteiger charge is -2.08. The van der Waals surface area contributed by atoms with Crippen molar-refractivity contribution < 1.29 is 0 Å². The van der Waals surface area contributed by atoms with Gasteiger partial charge in [-0.15, -0.1) is 0 Å². The van der Waals surface area contributed by atoms with Crippen LogP contribution in [0.5, 0.6) is 0 Å². The zero-order valence-electron chi connectivity index (χ0n) is 11.2. The molecule has 0 spiro atoms. The maximum absolute atomic E-state index is 4.46. The molecule has 1 aliphatic rings. The van der Waals surface area contributed by atoms with E-state index in [4.69, 9.17) is 0 Å². The molecule has 0 amide bonds. The molecule has 0 atom stereocenters. The van der Waals surface area contributed by atoms with Gasteiger partial charge >= 0.3 is 0 Å². The maximum atomic E-state index is 4.46. The zero-order valence-corrected chi connectivity index (χ0v) is 11.2. The molecule has 1 fully saturated rings. The molecule has 0 unspecified atom stereocenters. The molecule has 0 radical (unpaired) electrons. The number of benzene rings is 1. The fraction of sp³-hybridized carbons (Fsp3) is 0.533. The van der Waals surface area contributed by atoms with Crippen LogP contribution in [0.3, 0.4) is 0 Å². The average molecular weight is 243 g/mol. The minimum Gasteiger partial charge on any atom is -0.314 e. The molecule has 1 aliphatic carbocycles. The van der Waals surface area contributed by atoms with Crippen LogP contribution in [-0.2, 0) is 6.42 Å². The van der Waals surface area contributed by atoms with Gasteiger partial charge in [0.1, 0.15) is 0 Å². The van der Waals surface area contributed by atoms with E-state index in [1.54, 1.807) is 0 Å². The highest BCUT2D eigenvalue weighted by molar-refractivity contribution is 5.79. The molecule has 1 saturated carbocycles. The van der Waals surface area contributed by atoms with Crippen molar-refractivity contribution in [2.45, 2.75) is 45.2 Å². The van der Waals surface area contributed by atoms with Gasteiger partial charge in [-0.2, -0.15) is 5.10 Å². The molecule has 0 aliphatic heterocycles. The summed E-state index contributed by atoms with van der Waals surface area (Å²) < 4.78 is 2.10. The maximum Gasteiger partial charge on any atom is 0.0688 e. The van der Waals surface area contributed by atoms with Crippen molar-refractivity contribution in [1.82, 2.24) is 15.1 Å². The van der Waals surface area contributed by atoms with Crippen LogP contribution in [0, 0.1) is 0 Å². The zero-order chi connectivity index (χ0) is 12.5. The Bertz CT molecular complexity index is 538. The second-order valence-corrected chi connectivity index (χ2v) is 5.55. The molecule has 3 rings (SSSR count). The summed E-state index contributed by atoms with van der Waals surface area (Å²) in [4.78, 5) is 0. The average Bonchev–Trinajstić information content (AvgIpc) is 3.07. The minimum absolute atomic E-state index is 0.419. The van der Waals surface area contributed by atoms with E-state index < -0.39 is 0 Å². The highest BCUT2D eigenvalue weighted by Gasteiger charge is 2.19. The quantitative estimate of drug-likeness (QED) is 0.875. The van der Waals surface area contributed by atoms with E-state index in [-0.39, 0.29) is 0 Å². The summed E-state index contributed by atoms with van der Waals surface area (Å²) in [5.74, 6) is 0. The number of hydrogen-bond acceptors (Lipinski definition) is 2. The molecule has 3 nitrogen and oxygen atoms in total. The first kappa shape index (κ1) is 11.7. The fourth-order valence-corrected chi connectivity index (χ4v) is 2.36. The van der Waals surface area contributed by atoms with Crippen LogP contribution in [0.25, 0.3) is 10.9 Å². The largest absolute Gasteiger partial charge is 0.314 e. The van der Waals surface area contributed by atoms with Gasteiger partial charge in [0.15, 0.2) is 0 Å². The molecule has 96 valence electrons. The molecule has 18 heavy (non-hydrogen) atoms. The molecule has 1 aromatic carbocycles. The molecule has 1 aromatic heterocycles. The highest BCUT2D eigenvalue weighted by atomic mass is 15.3. The van der Waals surface area contributed by atoms with Gasteiger partial charge < -0.3 is 5.32 Å². The van der Waals surface area contributed by atoms with E-state index in [0.717, 1.165) is 19.0 Å². The third-order valence-electron chi connectivity index (χ3n) is 3.58. The number of hydrogen-bond donors (Lipinski definition) is 1. The Labute approximate surface area is 108 Å². The third-order valence-corrected chi connectivity index (χ3v) is 3.58. The van der Waals surface area contributed by atoms with E-state index >= 15 is 0 Å². The van der Waals surface area contributed by atoms with Gasteiger partial charge in [0.2, 0.25) is 0 Å². The van der Waals surface area contributed by atoms with Crippen LogP contribution in [0.1, 0.15) is 38.3 Å². The van der Waals surface area contributed by atoms with Crippen LogP contribution < -0.4 is 5.32 Å². The van der Waals surface area contributed by atoms with Gasteiger partial charge in [-0.1, -0.05) is 12.1 Å². The normalized spacial score (nSPS) is 15.7. The Hall–Kier alpha value is -1.35. The number of aromatic nitrogens is 2. The molecular formula is C15H21N3. The molecule has 2 aromatic rings. The lowest BCUT2D eigenvalue weighted by molar-refractivity contribution is 0.550. The molecular weight excluding hydrogens is 222 g/mol. The van der Waals surface area contributed by atoms with Crippen molar-refractivity contribution in [3.8, 4) is 0 Å². The van der Waals surface area contributed by atoms with Crippen molar-refractivity contribution in [3.05, 3.63) is 30.0 Å². The van der Waals surface area contributed by atoms with E-state index in [0.29, 0.717) is 6.04 Å². The van der Waals surface area contributed by atoms with Crippen LogP contribution >= 0.6 is 0 Å². The minimum atomic E-state index is 0.419. The Morgan fingerprint density at radius 3 is 2.94 bits per heavy atom. The smallest absolute Gasteiger partial charge is 0.0688 e. The summed E-state index contributed by atoms with van der Waals surface area (Å²) in [5, 5.41) is 9.26. The topological polar surface area (TPSA) is 29.9 Å². The summed E-state index contributed by atoms with van der Waals surface area (Å²) in [6.07, 6.45) is 5.79. The van der Waals surface area contributed by atoms with Gasteiger partial charge in [0.05, 0.1) is 11.7 Å². The number of fused-ring (bicyclic) bond motifs is 1. The molecule has 3 heteroatoms. The first-order valence-electron chi connectivity index (χ1n) is 6.93. The van der Waals surface area contributed by atoms with Gasteiger partial charge in [0, 0.05) is 17.5 Å². The number of nitrogens with zero attached hydrogens (tertiary/aromatic N) is 2. The Balaban J connectivity index is 1.77. The van der Waals surface area contributed by atoms with Gasteiger partial charge in [-0.25, -0.2) is 0 Å². The number of rotatable bonds is 5. The molecule has 1 N–H and O–H groups in total. The predicted octanol–water partition coefficient (Wildman–Crippen LogP) is 2.91. The van der Waals surface area contributed by atoms with Crippen LogP contribution in [0.4, 0.5) is 0 Å². The van der Waals surface area contributed by atoms with E-state index in [1.165, 1.54) is 29.3 Å². The van der Waals surface area contributed by atoms with Crippen molar-refractivity contribution in [1.29, 1.82) is 0 Å². The Morgan fingerprint density at radius 2 is 2.22 bits per heavy atom. The highest BCUT2D eigenvalue weighted by Crippen LogP contribution is 2.20. The molecule has 0 bridgehead atoms. The molecule has 1 heterocycles. The van der Waals surface area contributed by atoms with E-state index in [2.05, 4.69) is 47.1 Å². The van der Waals surface area contributed by atoms with Crippen molar-refractivity contribution in [2.75, 3.05) is 6.54 Å². The summed E-state index contributed by atoms with van der Waals surface area (Å²) in [6, 6.07) is 7.92. The second-order valence-electron chi connectivity index (χ2n) is 5.55. The first-order chi connectivity index (χ1) is 8.74. The first-order valence-corrected chi connectivity index (χ1v) is 6.93. The van der Waals surface area contributed by atoms with Crippen molar-refractivity contribution in [2.24, 2.45) is 0 Å². The van der Waals surface area contributed by atoms with Crippen LogP contribution in [0.15, 0.2) is 24.4 Å². The van der Waals surface area contributed by atoms with Gasteiger partial charge in [-0.3, -0.25) is 4.68 Å². The monoisotopic (exact) mass is 243 g/mol. The SMILES string of the molecule is CC(C)n1ncc2ccc(CCNC3CC3)cc21. The van der Waals surface area contributed by atoms with Crippen LogP contribution in [0.2, 0.25) is 0 Å². The lowest BCUT2D eigenvalue weighted by Crippen LogP contribution is -2.19. The molecule has 0 saturated heterocycles. The standard InChI is InChI=1S/C15H21N3/c1-11(2)18-15-9-12(3-4-13(15)10-17-18)7-8-16-14-5-6-14/h3-4,9-11,14,16H,5-8H2,1-2H3.